The highest BCUT2D eigenvalue weighted by molar-refractivity contribution is 6.44. The summed E-state index contributed by atoms with van der Waals surface area (Å²) in [5.41, 5.74) is 0.791. The Bertz CT molecular complexity index is 717. The summed E-state index contributed by atoms with van der Waals surface area (Å²) in [5, 5.41) is 5.36. The van der Waals surface area contributed by atoms with Crippen molar-refractivity contribution in [2.24, 2.45) is 0 Å². The number of carbonyl (C=O) groups is 2. The quantitative estimate of drug-likeness (QED) is 0.843. The zero-order chi connectivity index (χ0) is 16.8. The van der Waals surface area contributed by atoms with Crippen LogP contribution in [-0.4, -0.2) is 26.0 Å². The van der Waals surface area contributed by atoms with Gasteiger partial charge < -0.3 is 20.1 Å². The van der Waals surface area contributed by atoms with Gasteiger partial charge in [0.1, 0.15) is 11.5 Å². The average molecular weight is 335 g/mol. The normalized spacial score (nSPS) is 9.87. The van der Waals surface area contributed by atoms with Crippen molar-refractivity contribution in [3.8, 4) is 11.5 Å². The van der Waals surface area contributed by atoms with Gasteiger partial charge in [-0.1, -0.05) is 11.6 Å². The van der Waals surface area contributed by atoms with Crippen LogP contribution in [0.25, 0.3) is 0 Å². The van der Waals surface area contributed by atoms with Gasteiger partial charge in [-0.2, -0.15) is 0 Å². The second-order valence-electron chi connectivity index (χ2n) is 4.48. The van der Waals surface area contributed by atoms with Crippen LogP contribution in [-0.2, 0) is 9.59 Å². The van der Waals surface area contributed by atoms with Crippen molar-refractivity contribution in [3.63, 3.8) is 0 Å². The lowest BCUT2D eigenvalue weighted by molar-refractivity contribution is -0.133. The maximum absolute atomic E-state index is 12.0. The number of ether oxygens (including phenoxy) is 2. The highest BCUT2D eigenvalue weighted by Gasteiger charge is 2.16. The summed E-state index contributed by atoms with van der Waals surface area (Å²) >= 11 is 5.88. The number of benzene rings is 2. The largest absolute Gasteiger partial charge is 0.497 e. The van der Waals surface area contributed by atoms with Crippen LogP contribution < -0.4 is 20.1 Å². The Kier molecular flexibility index (Phi) is 5.43. The number of nitrogens with one attached hydrogen (secondary N) is 2. The molecule has 2 rings (SSSR count). The molecule has 0 aliphatic heterocycles. The van der Waals surface area contributed by atoms with Crippen LogP contribution in [0.3, 0.4) is 0 Å². The number of amides is 2. The molecule has 7 heteroatoms. The van der Waals surface area contributed by atoms with Gasteiger partial charge in [-0.05, 0) is 42.5 Å². The smallest absolute Gasteiger partial charge is 0.314 e. The van der Waals surface area contributed by atoms with Crippen molar-refractivity contribution in [1.29, 1.82) is 0 Å². The summed E-state index contributed by atoms with van der Waals surface area (Å²) in [6.07, 6.45) is 0. The molecule has 0 saturated heterocycles. The molecule has 0 bridgehead atoms. The van der Waals surface area contributed by atoms with E-state index in [1.807, 2.05) is 0 Å². The molecule has 0 atom stereocenters. The zero-order valence-electron chi connectivity index (χ0n) is 12.6. The molecular weight excluding hydrogens is 320 g/mol. The maximum atomic E-state index is 12.0. The number of hydrogen-bond acceptors (Lipinski definition) is 4. The highest BCUT2D eigenvalue weighted by atomic mass is 35.5. The lowest BCUT2D eigenvalue weighted by atomic mass is 10.2. The number of rotatable bonds is 4. The van der Waals surface area contributed by atoms with Crippen molar-refractivity contribution < 1.29 is 19.1 Å². The molecule has 2 aromatic rings. The monoisotopic (exact) mass is 334 g/mol. The van der Waals surface area contributed by atoms with E-state index in [2.05, 4.69) is 10.6 Å². The Balaban J connectivity index is 2.05. The molecule has 0 saturated carbocycles. The summed E-state index contributed by atoms with van der Waals surface area (Å²) < 4.78 is 10.1. The van der Waals surface area contributed by atoms with Crippen molar-refractivity contribution in [3.05, 3.63) is 47.5 Å². The SMILES string of the molecule is COc1ccc(NC(=O)C(=O)Nc2cc(Cl)ccc2OC)cc1. The van der Waals surface area contributed by atoms with Gasteiger partial charge in [0.25, 0.3) is 0 Å². The molecule has 120 valence electrons. The Hall–Kier alpha value is -2.73. The fourth-order valence-corrected chi connectivity index (χ4v) is 1.99. The van der Waals surface area contributed by atoms with Crippen molar-refractivity contribution in [1.82, 2.24) is 0 Å². The number of carbonyl (C=O) groups excluding carboxylic acids is 2. The molecule has 0 unspecified atom stereocenters. The van der Waals surface area contributed by atoms with E-state index in [1.54, 1.807) is 43.5 Å². The van der Waals surface area contributed by atoms with Crippen LogP contribution in [0.5, 0.6) is 11.5 Å². The van der Waals surface area contributed by atoms with E-state index in [9.17, 15) is 9.59 Å². The molecule has 0 aromatic heterocycles. The Morgan fingerprint density at radius 2 is 1.57 bits per heavy atom. The van der Waals surface area contributed by atoms with Crippen molar-refractivity contribution in [2.75, 3.05) is 24.9 Å². The number of hydrogen-bond donors (Lipinski definition) is 2. The van der Waals surface area contributed by atoms with E-state index in [4.69, 9.17) is 21.1 Å². The van der Waals surface area contributed by atoms with Crippen LogP contribution in [0.1, 0.15) is 0 Å². The Labute approximate surface area is 138 Å². The fourth-order valence-electron chi connectivity index (χ4n) is 1.82. The third kappa shape index (κ3) is 4.37. The maximum Gasteiger partial charge on any atom is 0.314 e. The van der Waals surface area contributed by atoms with E-state index in [0.717, 1.165) is 0 Å². The van der Waals surface area contributed by atoms with Gasteiger partial charge in [0, 0.05) is 10.7 Å². The second kappa shape index (κ2) is 7.51. The first-order valence-corrected chi connectivity index (χ1v) is 7.01. The second-order valence-corrected chi connectivity index (χ2v) is 4.92. The predicted octanol–water partition coefficient (Wildman–Crippen LogP) is 2.93. The first kappa shape index (κ1) is 16.6. The first-order valence-electron chi connectivity index (χ1n) is 6.63. The minimum Gasteiger partial charge on any atom is -0.497 e. The molecule has 0 spiro atoms. The molecule has 2 N–H and O–H groups in total. The molecule has 0 aliphatic carbocycles. The van der Waals surface area contributed by atoms with E-state index >= 15 is 0 Å². The number of methoxy groups -OCH3 is 2. The van der Waals surface area contributed by atoms with Crippen molar-refractivity contribution in [2.45, 2.75) is 0 Å². The summed E-state index contributed by atoms with van der Waals surface area (Å²) in [6, 6.07) is 11.3. The Morgan fingerprint density at radius 1 is 0.913 bits per heavy atom. The van der Waals surface area contributed by atoms with Gasteiger partial charge in [-0.25, -0.2) is 0 Å². The van der Waals surface area contributed by atoms with Gasteiger partial charge in [-0.3, -0.25) is 9.59 Å². The predicted molar refractivity (Wildman–Crippen MR) is 88.3 cm³/mol. The molecule has 2 aromatic carbocycles. The van der Waals surface area contributed by atoms with Crippen molar-refractivity contribution >= 4 is 34.8 Å². The zero-order valence-corrected chi connectivity index (χ0v) is 13.3. The highest BCUT2D eigenvalue weighted by Crippen LogP contribution is 2.27. The van der Waals surface area contributed by atoms with Crippen LogP contribution in [0.4, 0.5) is 11.4 Å². The van der Waals surface area contributed by atoms with Crippen LogP contribution in [0, 0.1) is 0 Å². The molecular formula is C16H15ClN2O4. The molecule has 0 fully saturated rings. The molecule has 0 heterocycles. The number of halogens is 1. The van der Waals surface area contributed by atoms with Gasteiger partial charge in [0.15, 0.2) is 0 Å². The van der Waals surface area contributed by atoms with E-state index < -0.39 is 11.8 Å². The lowest BCUT2D eigenvalue weighted by Crippen LogP contribution is -2.29. The summed E-state index contributed by atoms with van der Waals surface area (Å²) in [6.45, 7) is 0. The van der Waals surface area contributed by atoms with Crippen LogP contribution >= 0.6 is 11.6 Å². The molecule has 0 radical (unpaired) electrons. The topological polar surface area (TPSA) is 76.7 Å². The molecule has 2 amide bonds. The minimum absolute atomic E-state index is 0.315. The van der Waals surface area contributed by atoms with Gasteiger partial charge in [0.05, 0.1) is 19.9 Å². The first-order chi connectivity index (χ1) is 11.0. The third-order valence-corrected chi connectivity index (χ3v) is 3.20. The summed E-state index contributed by atoms with van der Waals surface area (Å²) in [5.74, 6) is -0.588. The molecule has 0 aliphatic rings. The van der Waals surface area contributed by atoms with Crippen LogP contribution in [0.2, 0.25) is 5.02 Å². The fraction of sp³-hybridized carbons (Fsp3) is 0.125. The molecule has 23 heavy (non-hydrogen) atoms. The van der Waals surface area contributed by atoms with Gasteiger partial charge in [-0.15, -0.1) is 0 Å². The van der Waals surface area contributed by atoms with Gasteiger partial charge in [0.2, 0.25) is 0 Å². The van der Waals surface area contributed by atoms with E-state index in [0.29, 0.717) is 27.9 Å². The van der Waals surface area contributed by atoms with Crippen LogP contribution in [0.15, 0.2) is 42.5 Å². The minimum atomic E-state index is -0.832. The van der Waals surface area contributed by atoms with E-state index in [1.165, 1.54) is 13.2 Å². The lowest BCUT2D eigenvalue weighted by Gasteiger charge is -2.10. The summed E-state index contributed by atoms with van der Waals surface area (Å²) in [4.78, 5) is 23.9. The third-order valence-electron chi connectivity index (χ3n) is 2.96. The standard InChI is InChI=1S/C16H15ClN2O4/c1-22-12-6-4-11(5-7-12)18-15(20)16(21)19-13-9-10(17)3-8-14(13)23-2/h3-9H,1-2H3,(H,18,20)(H,19,21). The summed E-state index contributed by atoms with van der Waals surface area (Å²) in [7, 11) is 3.00. The molecule has 6 nitrogen and oxygen atoms in total. The average Bonchev–Trinajstić information content (AvgIpc) is 2.55. The number of anilines is 2. The van der Waals surface area contributed by atoms with E-state index in [-0.39, 0.29) is 0 Å². The van der Waals surface area contributed by atoms with Gasteiger partial charge >= 0.3 is 11.8 Å². The Morgan fingerprint density at radius 3 is 2.17 bits per heavy atom.